The van der Waals surface area contributed by atoms with Crippen LogP contribution in [0.15, 0.2) is 24.4 Å². The summed E-state index contributed by atoms with van der Waals surface area (Å²) in [6.07, 6.45) is 1.48. The third-order valence-corrected chi connectivity index (χ3v) is 3.76. The lowest BCUT2D eigenvalue weighted by molar-refractivity contribution is -0.116. The second-order valence-corrected chi connectivity index (χ2v) is 6.07. The third-order valence-electron chi connectivity index (χ3n) is 3.76. The van der Waals surface area contributed by atoms with Crippen LogP contribution in [0.25, 0.3) is 5.69 Å². The number of nitrogens with two attached hydrogens (primary N) is 1. The molecule has 0 aliphatic rings. The molecule has 0 spiro atoms. The molecule has 2 aromatic rings. The van der Waals surface area contributed by atoms with Gasteiger partial charge in [0.15, 0.2) is 5.69 Å². The number of hydrogen-bond donors (Lipinski definition) is 2. The van der Waals surface area contributed by atoms with Crippen LogP contribution in [-0.2, 0) is 9.53 Å². The zero-order valence-corrected chi connectivity index (χ0v) is 15.2. The number of anilines is 2. The number of esters is 1. The zero-order chi connectivity index (χ0) is 19.4. The molecule has 0 aliphatic heterocycles. The van der Waals surface area contributed by atoms with Crippen molar-refractivity contribution in [2.75, 3.05) is 38.8 Å². The van der Waals surface area contributed by atoms with Crippen LogP contribution in [0.1, 0.15) is 21.6 Å². The molecule has 0 unspecified atom stereocenters. The number of carbonyl (C=O) groups is 2. The van der Waals surface area contributed by atoms with Crippen molar-refractivity contribution in [2.24, 2.45) is 0 Å². The topological polar surface area (TPSA) is 113 Å². The molecule has 0 radical (unpaired) electrons. The summed E-state index contributed by atoms with van der Waals surface area (Å²) in [5.74, 6) is -0.812. The molecular formula is C18H21N5O3. The molecule has 8 nitrogen and oxygen atoms in total. The van der Waals surface area contributed by atoms with Gasteiger partial charge < -0.3 is 25.3 Å². The Morgan fingerprint density at radius 2 is 2.08 bits per heavy atom. The van der Waals surface area contributed by atoms with Gasteiger partial charge >= 0.3 is 5.97 Å². The summed E-state index contributed by atoms with van der Waals surface area (Å²) < 4.78 is 6.30. The van der Waals surface area contributed by atoms with Crippen LogP contribution in [0.2, 0.25) is 0 Å². The van der Waals surface area contributed by atoms with E-state index in [1.54, 1.807) is 31.1 Å². The normalized spacial score (nSPS) is 10.5. The van der Waals surface area contributed by atoms with Gasteiger partial charge in [0.25, 0.3) is 0 Å². The molecule has 0 fully saturated rings. The van der Waals surface area contributed by atoms with E-state index in [0.717, 1.165) is 5.56 Å². The zero-order valence-electron chi connectivity index (χ0n) is 15.2. The van der Waals surface area contributed by atoms with Gasteiger partial charge in [-0.2, -0.15) is 5.26 Å². The molecule has 1 amide bonds. The molecular weight excluding hydrogens is 334 g/mol. The fourth-order valence-electron chi connectivity index (χ4n) is 2.54. The van der Waals surface area contributed by atoms with E-state index in [1.165, 1.54) is 17.9 Å². The number of nitrogen functional groups attached to an aromatic ring is 1. The van der Waals surface area contributed by atoms with Crippen LogP contribution in [-0.4, -0.2) is 49.1 Å². The van der Waals surface area contributed by atoms with Gasteiger partial charge in [-0.25, -0.2) is 4.79 Å². The van der Waals surface area contributed by atoms with Crippen LogP contribution in [0.5, 0.6) is 0 Å². The van der Waals surface area contributed by atoms with Crippen molar-refractivity contribution >= 4 is 23.3 Å². The number of methoxy groups -OCH3 is 1. The summed E-state index contributed by atoms with van der Waals surface area (Å²) in [7, 11) is 4.85. The van der Waals surface area contributed by atoms with Crippen LogP contribution >= 0.6 is 0 Å². The average Bonchev–Trinajstić information content (AvgIpc) is 2.91. The monoisotopic (exact) mass is 355 g/mol. The molecule has 136 valence electrons. The van der Waals surface area contributed by atoms with E-state index in [4.69, 9.17) is 10.5 Å². The molecule has 0 saturated carbocycles. The van der Waals surface area contributed by atoms with Crippen molar-refractivity contribution in [3.05, 3.63) is 41.2 Å². The molecule has 0 aliphatic carbocycles. The highest BCUT2D eigenvalue weighted by molar-refractivity contribution is 5.96. The molecule has 8 heteroatoms. The standard InChI is InChI=1S/C18H21N5O3/c1-11-5-6-13(21-15(24)10-22(2)3)7-14(11)23-9-12(8-19)16(20)17(23)18(25)26-4/h5-7,9H,10,20H2,1-4H3,(H,21,24). The number of ether oxygens (including phenoxy) is 1. The van der Waals surface area contributed by atoms with Crippen LogP contribution in [0.4, 0.5) is 11.4 Å². The molecule has 2 rings (SSSR count). The Kier molecular flexibility index (Phi) is 5.64. The number of aromatic nitrogens is 1. The van der Waals surface area contributed by atoms with Gasteiger partial charge in [0.05, 0.1) is 30.6 Å². The first kappa shape index (κ1) is 19.0. The van der Waals surface area contributed by atoms with E-state index in [2.05, 4.69) is 5.32 Å². The highest BCUT2D eigenvalue weighted by Gasteiger charge is 2.22. The number of nitrogens with one attached hydrogen (secondary N) is 1. The van der Waals surface area contributed by atoms with Gasteiger partial charge in [-0.05, 0) is 38.7 Å². The summed E-state index contributed by atoms with van der Waals surface area (Å²) in [6.45, 7) is 2.09. The minimum atomic E-state index is -0.648. The van der Waals surface area contributed by atoms with Gasteiger partial charge in [0.1, 0.15) is 6.07 Å². The Labute approximate surface area is 151 Å². The van der Waals surface area contributed by atoms with E-state index in [0.29, 0.717) is 11.4 Å². The number of nitriles is 1. The molecule has 0 saturated heterocycles. The Balaban J connectivity index is 2.52. The molecule has 1 aromatic carbocycles. The lowest BCUT2D eigenvalue weighted by Crippen LogP contribution is -2.27. The Hall–Kier alpha value is -3.31. The Morgan fingerprint density at radius 1 is 1.38 bits per heavy atom. The van der Waals surface area contributed by atoms with Crippen molar-refractivity contribution in [1.29, 1.82) is 5.26 Å². The average molecular weight is 355 g/mol. The molecule has 1 aromatic heterocycles. The minimum Gasteiger partial charge on any atom is -0.464 e. The number of likely N-dealkylation sites (N-methyl/N-ethyl adjacent to an activating group) is 1. The summed E-state index contributed by atoms with van der Waals surface area (Å²) >= 11 is 0. The van der Waals surface area contributed by atoms with E-state index in [1.807, 2.05) is 19.1 Å². The van der Waals surface area contributed by atoms with E-state index in [9.17, 15) is 14.9 Å². The van der Waals surface area contributed by atoms with Crippen LogP contribution in [0, 0.1) is 18.3 Å². The van der Waals surface area contributed by atoms with Crippen molar-refractivity contribution < 1.29 is 14.3 Å². The maximum absolute atomic E-state index is 12.1. The maximum Gasteiger partial charge on any atom is 0.357 e. The fraction of sp³-hybridized carbons (Fsp3) is 0.278. The fourth-order valence-corrected chi connectivity index (χ4v) is 2.54. The predicted octanol–water partition coefficient (Wildman–Crippen LogP) is 1.53. The predicted molar refractivity (Wildman–Crippen MR) is 98.2 cm³/mol. The maximum atomic E-state index is 12.1. The molecule has 26 heavy (non-hydrogen) atoms. The summed E-state index contributed by atoms with van der Waals surface area (Å²) in [5.41, 5.74) is 8.25. The first-order chi connectivity index (χ1) is 12.3. The number of carbonyl (C=O) groups excluding carboxylic acids is 2. The first-order valence-corrected chi connectivity index (χ1v) is 7.83. The Bertz CT molecular complexity index is 893. The second-order valence-electron chi connectivity index (χ2n) is 6.07. The van der Waals surface area contributed by atoms with Crippen molar-refractivity contribution in [3.63, 3.8) is 0 Å². The van der Waals surface area contributed by atoms with E-state index >= 15 is 0 Å². The molecule has 3 N–H and O–H groups in total. The molecule has 0 atom stereocenters. The van der Waals surface area contributed by atoms with Gasteiger partial charge in [-0.3, -0.25) is 4.79 Å². The van der Waals surface area contributed by atoms with Crippen molar-refractivity contribution in [1.82, 2.24) is 9.47 Å². The summed E-state index contributed by atoms with van der Waals surface area (Å²) in [6, 6.07) is 7.26. The number of nitrogens with zero attached hydrogens (tertiary/aromatic N) is 3. The van der Waals surface area contributed by atoms with E-state index < -0.39 is 5.97 Å². The largest absolute Gasteiger partial charge is 0.464 e. The number of rotatable bonds is 5. The lowest BCUT2D eigenvalue weighted by atomic mass is 10.1. The number of aryl methyl sites for hydroxylation is 1. The van der Waals surface area contributed by atoms with E-state index in [-0.39, 0.29) is 29.4 Å². The molecule has 1 heterocycles. The van der Waals surface area contributed by atoms with Gasteiger partial charge in [-0.15, -0.1) is 0 Å². The van der Waals surface area contributed by atoms with Gasteiger partial charge in [0, 0.05) is 11.9 Å². The SMILES string of the molecule is COC(=O)c1c(N)c(C#N)cn1-c1cc(NC(=O)CN(C)C)ccc1C. The van der Waals surface area contributed by atoms with Crippen molar-refractivity contribution in [3.8, 4) is 11.8 Å². The summed E-state index contributed by atoms with van der Waals surface area (Å²) in [4.78, 5) is 25.9. The Morgan fingerprint density at radius 3 is 2.65 bits per heavy atom. The highest BCUT2D eigenvalue weighted by Crippen LogP contribution is 2.28. The summed E-state index contributed by atoms with van der Waals surface area (Å²) in [5, 5.41) is 12.0. The first-order valence-electron chi connectivity index (χ1n) is 7.83. The minimum absolute atomic E-state index is 0.0563. The third kappa shape index (κ3) is 3.84. The number of benzene rings is 1. The quantitative estimate of drug-likeness (QED) is 0.786. The van der Waals surface area contributed by atoms with Gasteiger partial charge in [0.2, 0.25) is 5.91 Å². The highest BCUT2D eigenvalue weighted by atomic mass is 16.5. The van der Waals surface area contributed by atoms with Crippen LogP contribution < -0.4 is 11.1 Å². The van der Waals surface area contributed by atoms with Crippen LogP contribution in [0.3, 0.4) is 0 Å². The van der Waals surface area contributed by atoms with Gasteiger partial charge in [-0.1, -0.05) is 6.07 Å². The second kappa shape index (κ2) is 7.72. The van der Waals surface area contributed by atoms with Crippen molar-refractivity contribution in [2.45, 2.75) is 6.92 Å². The smallest absolute Gasteiger partial charge is 0.357 e. The number of hydrogen-bond acceptors (Lipinski definition) is 6. The molecule has 0 bridgehead atoms. The lowest BCUT2D eigenvalue weighted by Gasteiger charge is -2.14. The number of amides is 1.